The normalized spacial score (nSPS) is 18.2. The standard InChI is InChI=1S/C18H17N3O3S/c1-2-12-7-9-14(10-8-12)19-18-20-17(22)16(25-18)11-13-5-3-4-6-15(13)21(23)24/h3-11,18-19H,2H2,1H3,(H,20,22)/b16-11-/t18-/m1/s1. The number of nitro benzene ring substituents is 1. The quantitative estimate of drug-likeness (QED) is 0.485. The Morgan fingerprint density at radius 3 is 2.64 bits per heavy atom. The predicted molar refractivity (Wildman–Crippen MR) is 100 cm³/mol. The maximum atomic E-state index is 12.2. The molecule has 1 amide bonds. The molecule has 0 aromatic heterocycles. The molecule has 3 rings (SSSR count). The molecule has 1 aliphatic rings. The number of amides is 1. The number of nitrogens with zero attached hydrogens (tertiary/aromatic N) is 1. The molecule has 0 saturated carbocycles. The highest BCUT2D eigenvalue weighted by atomic mass is 32.2. The van der Waals surface area contributed by atoms with E-state index in [1.807, 2.05) is 24.3 Å². The molecule has 2 aromatic rings. The first kappa shape index (κ1) is 17.0. The second kappa shape index (κ2) is 7.40. The second-order valence-electron chi connectivity index (χ2n) is 5.49. The van der Waals surface area contributed by atoms with E-state index in [2.05, 4.69) is 17.6 Å². The third kappa shape index (κ3) is 4.00. The Kier molecular flexibility index (Phi) is 5.04. The Morgan fingerprint density at radius 2 is 1.96 bits per heavy atom. The summed E-state index contributed by atoms with van der Waals surface area (Å²) < 4.78 is 0. The fraction of sp³-hybridized carbons (Fsp3) is 0.167. The first-order valence-corrected chi connectivity index (χ1v) is 8.73. The van der Waals surface area contributed by atoms with E-state index in [0.717, 1.165) is 12.1 Å². The molecule has 6 nitrogen and oxygen atoms in total. The summed E-state index contributed by atoms with van der Waals surface area (Å²) in [6, 6.07) is 14.4. The van der Waals surface area contributed by atoms with Crippen molar-refractivity contribution < 1.29 is 9.72 Å². The van der Waals surface area contributed by atoms with Crippen molar-refractivity contribution in [3.63, 3.8) is 0 Å². The van der Waals surface area contributed by atoms with Crippen LogP contribution in [0.25, 0.3) is 6.08 Å². The maximum Gasteiger partial charge on any atom is 0.276 e. The molecule has 7 heteroatoms. The third-order valence-corrected chi connectivity index (χ3v) is 4.84. The van der Waals surface area contributed by atoms with Gasteiger partial charge in [0.05, 0.1) is 15.4 Å². The molecule has 0 unspecified atom stereocenters. The summed E-state index contributed by atoms with van der Waals surface area (Å²) in [6.45, 7) is 2.09. The largest absolute Gasteiger partial charge is 0.357 e. The van der Waals surface area contributed by atoms with Gasteiger partial charge >= 0.3 is 0 Å². The Bertz CT molecular complexity index is 834. The van der Waals surface area contributed by atoms with Crippen LogP contribution in [0, 0.1) is 10.1 Å². The number of hydrogen-bond acceptors (Lipinski definition) is 5. The van der Waals surface area contributed by atoms with E-state index >= 15 is 0 Å². The fourth-order valence-electron chi connectivity index (χ4n) is 2.47. The van der Waals surface area contributed by atoms with Crippen LogP contribution < -0.4 is 10.6 Å². The highest BCUT2D eigenvalue weighted by molar-refractivity contribution is 8.05. The number of aryl methyl sites for hydroxylation is 1. The monoisotopic (exact) mass is 355 g/mol. The van der Waals surface area contributed by atoms with E-state index in [9.17, 15) is 14.9 Å². The first-order valence-electron chi connectivity index (χ1n) is 7.85. The van der Waals surface area contributed by atoms with Gasteiger partial charge in [0.1, 0.15) is 0 Å². The number of thioether (sulfide) groups is 1. The topological polar surface area (TPSA) is 84.3 Å². The summed E-state index contributed by atoms with van der Waals surface area (Å²) in [4.78, 5) is 23.2. The first-order chi connectivity index (χ1) is 12.1. The van der Waals surface area contributed by atoms with E-state index in [1.165, 1.54) is 23.4 Å². The average molecular weight is 355 g/mol. The van der Waals surface area contributed by atoms with Crippen molar-refractivity contribution in [2.24, 2.45) is 0 Å². The lowest BCUT2D eigenvalue weighted by molar-refractivity contribution is -0.385. The minimum Gasteiger partial charge on any atom is -0.357 e. The van der Waals surface area contributed by atoms with Gasteiger partial charge in [0.2, 0.25) is 0 Å². The smallest absolute Gasteiger partial charge is 0.276 e. The van der Waals surface area contributed by atoms with Gasteiger partial charge in [0.25, 0.3) is 11.6 Å². The number of nitrogens with one attached hydrogen (secondary N) is 2. The van der Waals surface area contributed by atoms with E-state index in [1.54, 1.807) is 24.3 Å². The van der Waals surface area contributed by atoms with Crippen LogP contribution in [0.1, 0.15) is 18.1 Å². The zero-order valence-corrected chi connectivity index (χ0v) is 14.4. The number of rotatable bonds is 5. The molecule has 128 valence electrons. The number of carbonyl (C=O) groups is 1. The van der Waals surface area contributed by atoms with Crippen LogP contribution in [0.5, 0.6) is 0 Å². The van der Waals surface area contributed by atoms with Gasteiger partial charge in [-0.3, -0.25) is 14.9 Å². The van der Waals surface area contributed by atoms with Crippen molar-refractivity contribution in [2.75, 3.05) is 5.32 Å². The zero-order chi connectivity index (χ0) is 17.8. The van der Waals surface area contributed by atoms with Crippen LogP contribution in [0.3, 0.4) is 0 Å². The van der Waals surface area contributed by atoms with Crippen molar-refractivity contribution >= 4 is 35.1 Å². The van der Waals surface area contributed by atoms with Gasteiger partial charge in [0, 0.05) is 11.8 Å². The van der Waals surface area contributed by atoms with Crippen LogP contribution >= 0.6 is 11.8 Å². The molecule has 1 saturated heterocycles. The Morgan fingerprint density at radius 1 is 1.24 bits per heavy atom. The van der Waals surface area contributed by atoms with Crippen molar-refractivity contribution in [1.82, 2.24) is 5.32 Å². The molecule has 25 heavy (non-hydrogen) atoms. The molecule has 2 aromatic carbocycles. The van der Waals surface area contributed by atoms with Crippen LogP contribution in [0.2, 0.25) is 0 Å². The Labute approximate surface area is 149 Å². The lowest BCUT2D eigenvalue weighted by atomic mass is 10.1. The van der Waals surface area contributed by atoms with E-state index in [0.29, 0.717) is 10.5 Å². The van der Waals surface area contributed by atoms with Gasteiger partial charge < -0.3 is 10.6 Å². The maximum absolute atomic E-state index is 12.2. The summed E-state index contributed by atoms with van der Waals surface area (Å²) in [5.74, 6) is -0.245. The molecule has 0 spiro atoms. The second-order valence-corrected chi connectivity index (χ2v) is 6.64. The van der Waals surface area contributed by atoms with Crippen LogP contribution in [-0.2, 0) is 11.2 Å². The van der Waals surface area contributed by atoms with Crippen LogP contribution in [-0.4, -0.2) is 16.3 Å². The summed E-state index contributed by atoms with van der Waals surface area (Å²) in [5, 5.41) is 17.1. The summed E-state index contributed by atoms with van der Waals surface area (Å²) in [7, 11) is 0. The highest BCUT2D eigenvalue weighted by Gasteiger charge is 2.28. The fourth-order valence-corrected chi connectivity index (χ4v) is 3.45. The van der Waals surface area contributed by atoms with Gasteiger partial charge in [-0.25, -0.2) is 0 Å². The van der Waals surface area contributed by atoms with E-state index in [-0.39, 0.29) is 17.1 Å². The highest BCUT2D eigenvalue weighted by Crippen LogP contribution is 2.32. The van der Waals surface area contributed by atoms with Crippen molar-refractivity contribution in [1.29, 1.82) is 0 Å². The van der Waals surface area contributed by atoms with Gasteiger partial charge in [-0.1, -0.05) is 43.0 Å². The SMILES string of the molecule is CCc1ccc(N[C@@H]2NC(=O)/C(=C/c3ccccc3[N+](=O)[O-])S2)cc1. The van der Waals surface area contributed by atoms with Crippen molar-refractivity contribution in [2.45, 2.75) is 18.8 Å². The van der Waals surface area contributed by atoms with Gasteiger partial charge in [-0.05, 0) is 36.3 Å². The Balaban J connectivity index is 1.75. The number of carbonyl (C=O) groups excluding carboxylic acids is 1. The molecule has 0 radical (unpaired) electrons. The molecular formula is C18H17N3O3S. The number of nitro groups is 1. The lowest BCUT2D eigenvalue weighted by Gasteiger charge is -2.12. The molecule has 1 aliphatic heterocycles. The molecule has 1 atom stereocenters. The van der Waals surface area contributed by atoms with Crippen molar-refractivity contribution in [3.05, 3.63) is 74.7 Å². The van der Waals surface area contributed by atoms with Gasteiger partial charge in [-0.2, -0.15) is 0 Å². The zero-order valence-electron chi connectivity index (χ0n) is 13.6. The number of benzene rings is 2. The lowest BCUT2D eigenvalue weighted by Crippen LogP contribution is -2.30. The van der Waals surface area contributed by atoms with Crippen LogP contribution in [0.15, 0.2) is 53.4 Å². The number of anilines is 1. The summed E-state index contributed by atoms with van der Waals surface area (Å²) in [5.41, 5.74) is 2.23. The minimum atomic E-state index is -0.449. The van der Waals surface area contributed by atoms with E-state index in [4.69, 9.17) is 0 Å². The predicted octanol–water partition coefficient (Wildman–Crippen LogP) is 3.76. The summed E-state index contributed by atoms with van der Waals surface area (Å²) in [6.07, 6.45) is 2.53. The average Bonchev–Trinajstić information content (AvgIpc) is 2.95. The van der Waals surface area contributed by atoms with Gasteiger partial charge in [-0.15, -0.1) is 0 Å². The molecule has 0 aliphatic carbocycles. The van der Waals surface area contributed by atoms with Crippen molar-refractivity contribution in [3.8, 4) is 0 Å². The van der Waals surface area contributed by atoms with E-state index < -0.39 is 4.92 Å². The van der Waals surface area contributed by atoms with Crippen LogP contribution in [0.4, 0.5) is 11.4 Å². The van der Waals surface area contributed by atoms with Gasteiger partial charge in [0.15, 0.2) is 5.50 Å². The Hall–Kier alpha value is -2.80. The summed E-state index contributed by atoms with van der Waals surface area (Å²) >= 11 is 1.31. The molecule has 0 bridgehead atoms. The molecular weight excluding hydrogens is 338 g/mol. The number of hydrogen-bond donors (Lipinski definition) is 2. The molecule has 1 fully saturated rings. The minimum absolute atomic E-state index is 0.0186. The molecule has 2 N–H and O–H groups in total. The molecule has 1 heterocycles. The third-order valence-electron chi connectivity index (χ3n) is 3.81. The number of para-hydroxylation sites is 1.